The zero-order chi connectivity index (χ0) is 14.5. The molecule has 3 aromatic rings. The van der Waals surface area contributed by atoms with Gasteiger partial charge < -0.3 is 0 Å². The Labute approximate surface area is 117 Å². The minimum absolute atomic E-state index is 0.234. The number of halogens is 1. The lowest BCUT2D eigenvalue weighted by molar-refractivity contribution is 0.587. The highest BCUT2D eigenvalue weighted by Gasteiger charge is 2.10. The quantitative estimate of drug-likeness (QED) is 0.718. The van der Waals surface area contributed by atoms with Crippen LogP contribution in [0, 0.1) is 12.7 Å². The largest absolute Gasteiger partial charge is 0.241 e. The summed E-state index contributed by atoms with van der Waals surface area (Å²) < 4.78 is 15.3. The molecule has 0 bridgehead atoms. The van der Waals surface area contributed by atoms with Crippen LogP contribution >= 0.6 is 0 Å². The number of aryl methyl sites for hydroxylation is 1. The van der Waals surface area contributed by atoms with E-state index in [2.05, 4.69) is 15.3 Å². The molecule has 0 amide bonds. The van der Waals surface area contributed by atoms with Crippen LogP contribution in [0.4, 0.5) is 4.39 Å². The summed E-state index contributed by atoms with van der Waals surface area (Å²) in [5.74, 6) is -0.234. The maximum absolute atomic E-state index is 13.6. The predicted octanol–water partition coefficient (Wildman–Crippen LogP) is 3.35. The summed E-state index contributed by atoms with van der Waals surface area (Å²) in [5.41, 5.74) is 2.14. The molecule has 0 atom stereocenters. The van der Waals surface area contributed by atoms with Crippen molar-refractivity contribution in [3.05, 3.63) is 53.6 Å². The van der Waals surface area contributed by atoms with Crippen LogP contribution in [-0.4, -0.2) is 20.0 Å². The Kier molecular flexibility index (Phi) is 4.40. The number of nitrogens with zero attached hydrogens (tertiary/aromatic N) is 4. The highest BCUT2D eigenvalue weighted by Crippen LogP contribution is 2.16. The molecule has 20 heavy (non-hydrogen) atoms. The molecule has 0 unspecified atom stereocenters. The number of fused-ring (bicyclic) bond motifs is 1. The lowest BCUT2D eigenvalue weighted by Gasteiger charge is -2.03. The maximum Gasteiger partial charge on any atom is 0.180 e. The van der Waals surface area contributed by atoms with E-state index in [1.54, 1.807) is 23.0 Å². The minimum atomic E-state index is -0.234. The van der Waals surface area contributed by atoms with E-state index in [1.165, 1.54) is 6.07 Å². The van der Waals surface area contributed by atoms with Crippen LogP contribution in [0.15, 0.2) is 36.5 Å². The van der Waals surface area contributed by atoms with Crippen molar-refractivity contribution in [1.29, 1.82) is 0 Å². The molecule has 0 saturated heterocycles. The van der Waals surface area contributed by atoms with Gasteiger partial charge in [0, 0.05) is 10.9 Å². The smallest absolute Gasteiger partial charge is 0.180 e. The maximum atomic E-state index is 13.6. The van der Waals surface area contributed by atoms with E-state index in [0.29, 0.717) is 17.8 Å². The molecular weight excluding hydrogens is 255 g/mol. The molecule has 104 valence electrons. The van der Waals surface area contributed by atoms with Crippen LogP contribution in [-0.2, 0) is 6.54 Å². The summed E-state index contributed by atoms with van der Waals surface area (Å²) in [6.45, 7) is 6.26. The number of rotatable bonds is 2. The first-order valence-electron chi connectivity index (χ1n) is 6.64. The lowest BCUT2D eigenvalue weighted by atomic mass is 10.2. The van der Waals surface area contributed by atoms with Gasteiger partial charge in [-0.25, -0.2) is 9.07 Å². The molecule has 0 N–H and O–H groups in total. The monoisotopic (exact) mass is 272 g/mol. The zero-order valence-electron chi connectivity index (χ0n) is 11.8. The molecule has 2 aromatic heterocycles. The van der Waals surface area contributed by atoms with Gasteiger partial charge >= 0.3 is 0 Å². The summed E-state index contributed by atoms with van der Waals surface area (Å²) >= 11 is 0. The Bertz CT molecular complexity index is 706. The number of hydrogen-bond donors (Lipinski definition) is 0. The second kappa shape index (κ2) is 6.23. The first-order valence-corrected chi connectivity index (χ1v) is 6.64. The molecule has 1 aromatic carbocycles. The van der Waals surface area contributed by atoms with E-state index < -0.39 is 0 Å². The van der Waals surface area contributed by atoms with Gasteiger partial charge in [0.25, 0.3) is 0 Å². The molecule has 4 nitrogen and oxygen atoms in total. The van der Waals surface area contributed by atoms with Crippen molar-refractivity contribution in [2.24, 2.45) is 0 Å². The second-order valence-corrected chi connectivity index (χ2v) is 4.10. The fraction of sp³-hybridized carbons (Fsp3) is 0.267. The van der Waals surface area contributed by atoms with E-state index in [-0.39, 0.29) is 5.82 Å². The van der Waals surface area contributed by atoms with Crippen LogP contribution < -0.4 is 0 Å². The van der Waals surface area contributed by atoms with E-state index in [0.717, 1.165) is 11.1 Å². The van der Waals surface area contributed by atoms with E-state index in [1.807, 2.05) is 32.9 Å². The molecule has 3 rings (SSSR count). The SMILES string of the molecule is CC.Cc1nn(Cc2ccccc2F)c2nnccc12. The molecule has 0 saturated carbocycles. The molecule has 0 radical (unpaired) electrons. The van der Waals surface area contributed by atoms with Gasteiger partial charge in [0.05, 0.1) is 18.4 Å². The van der Waals surface area contributed by atoms with Gasteiger partial charge in [-0.3, -0.25) is 0 Å². The molecule has 0 spiro atoms. The van der Waals surface area contributed by atoms with E-state index in [4.69, 9.17) is 0 Å². The standard InChI is InChI=1S/C13H11FN4.C2H6/c1-9-11-6-7-15-16-13(11)18(17-9)8-10-4-2-3-5-12(10)14;1-2/h2-7H,8H2,1H3;1-2H3. The first kappa shape index (κ1) is 14.1. The normalized spacial score (nSPS) is 10.2. The summed E-state index contributed by atoms with van der Waals surface area (Å²) in [5, 5.41) is 13.2. The highest BCUT2D eigenvalue weighted by molar-refractivity contribution is 5.77. The average Bonchev–Trinajstić information content (AvgIpc) is 2.81. The van der Waals surface area contributed by atoms with Gasteiger partial charge in [0.2, 0.25) is 0 Å². The fourth-order valence-corrected chi connectivity index (χ4v) is 1.98. The Balaban J connectivity index is 0.000000704. The van der Waals surface area contributed by atoms with Gasteiger partial charge in [-0.1, -0.05) is 32.0 Å². The van der Waals surface area contributed by atoms with E-state index >= 15 is 0 Å². The molecule has 5 heteroatoms. The second-order valence-electron chi connectivity index (χ2n) is 4.10. The van der Waals surface area contributed by atoms with Gasteiger partial charge in [0.1, 0.15) is 5.82 Å². The summed E-state index contributed by atoms with van der Waals surface area (Å²) in [4.78, 5) is 0. The third kappa shape index (κ3) is 2.66. The first-order chi connectivity index (χ1) is 9.75. The van der Waals surface area contributed by atoms with Crippen LogP contribution in [0.5, 0.6) is 0 Å². The molecular formula is C15H17FN4. The summed E-state index contributed by atoms with van der Waals surface area (Å²) in [7, 11) is 0. The Morgan fingerprint density at radius 3 is 2.65 bits per heavy atom. The number of hydrogen-bond acceptors (Lipinski definition) is 3. The van der Waals surface area contributed by atoms with Crippen molar-refractivity contribution < 1.29 is 4.39 Å². The van der Waals surface area contributed by atoms with Crippen LogP contribution in [0.2, 0.25) is 0 Å². The molecule has 2 heterocycles. The molecule has 0 aliphatic carbocycles. The predicted molar refractivity (Wildman–Crippen MR) is 76.9 cm³/mol. The van der Waals surface area contributed by atoms with Gasteiger partial charge in [0.15, 0.2) is 5.65 Å². The Morgan fingerprint density at radius 1 is 1.15 bits per heavy atom. The van der Waals surface area contributed by atoms with Crippen molar-refractivity contribution in [2.45, 2.75) is 27.3 Å². The van der Waals surface area contributed by atoms with Crippen molar-refractivity contribution in [3.63, 3.8) is 0 Å². The summed E-state index contributed by atoms with van der Waals surface area (Å²) in [6.07, 6.45) is 1.63. The molecule has 0 aliphatic heterocycles. The van der Waals surface area contributed by atoms with Crippen molar-refractivity contribution >= 4 is 11.0 Å². The van der Waals surface area contributed by atoms with Crippen molar-refractivity contribution in [3.8, 4) is 0 Å². The van der Waals surface area contributed by atoms with Gasteiger partial charge in [-0.05, 0) is 19.1 Å². The Morgan fingerprint density at radius 2 is 1.90 bits per heavy atom. The van der Waals surface area contributed by atoms with Crippen molar-refractivity contribution in [2.75, 3.05) is 0 Å². The van der Waals surface area contributed by atoms with Gasteiger partial charge in [-0.2, -0.15) is 10.2 Å². The molecule has 0 fully saturated rings. The lowest BCUT2D eigenvalue weighted by Crippen LogP contribution is -2.05. The fourth-order valence-electron chi connectivity index (χ4n) is 1.98. The summed E-state index contributed by atoms with van der Waals surface area (Å²) in [6, 6.07) is 8.53. The van der Waals surface area contributed by atoms with Crippen LogP contribution in [0.3, 0.4) is 0 Å². The highest BCUT2D eigenvalue weighted by atomic mass is 19.1. The topological polar surface area (TPSA) is 43.6 Å². The van der Waals surface area contributed by atoms with E-state index in [9.17, 15) is 4.39 Å². The third-order valence-corrected chi connectivity index (χ3v) is 2.88. The number of benzene rings is 1. The third-order valence-electron chi connectivity index (χ3n) is 2.88. The van der Waals surface area contributed by atoms with Crippen LogP contribution in [0.1, 0.15) is 25.1 Å². The van der Waals surface area contributed by atoms with Gasteiger partial charge in [-0.15, -0.1) is 5.10 Å². The Hall–Kier alpha value is -2.30. The zero-order valence-corrected chi connectivity index (χ0v) is 11.8. The molecule has 0 aliphatic rings. The average molecular weight is 272 g/mol. The van der Waals surface area contributed by atoms with Crippen LogP contribution in [0.25, 0.3) is 11.0 Å². The number of aromatic nitrogens is 4. The minimum Gasteiger partial charge on any atom is -0.241 e. The van der Waals surface area contributed by atoms with Crippen molar-refractivity contribution in [1.82, 2.24) is 20.0 Å².